The summed E-state index contributed by atoms with van der Waals surface area (Å²) in [7, 11) is 0. The van der Waals surface area contributed by atoms with Crippen LogP contribution in [-0.2, 0) is 10.8 Å². The molecule has 0 fully saturated rings. The van der Waals surface area contributed by atoms with Gasteiger partial charge in [0, 0.05) is 31.6 Å². The highest BCUT2D eigenvalue weighted by Crippen LogP contribution is 2.62. The maximum Gasteiger partial charge on any atom is 0.235 e. The van der Waals surface area contributed by atoms with E-state index in [0.29, 0.717) is 22.5 Å². The SMILES string of the molecule is [2H]c1c(Br)c(-c2ccc3c(c2)c2ccccc2n3-c2nc(-c3ccccc3)c3ccc4ccccc4c3n2)c([2H])c2c1C(C)(C)C(C)(C)C2(C)C. The first-order valence-electron chi connectivity index (χ1n) is 18.0. The lowest BCUT2D eigenvalue weighted by atomic mass is 9.59. The molecule has 9 rings (SSSR count). The Labute approximate surface area is 298 Å². The molecule has 0 aliphatic heterocycles. The normalized spacial score (nSPS) is 16.7. The highest BCUT2D eigenvalue weighted by molar-refractivity contribution is 9.10. The van der Waals surface area contributed by atoms with E-state index in [1.54, 1.807) is 0 Å². The third-order valence-electron chi connectivity index (χ3n) is 12.1. The van der Waals surface area contributed by atoms with Crippen LogP contribution in [0.4, 0.5) is 0 Å². The van der Waals surface area contributed by atoms with Crippen LogP contribution in [0.1, 0.15) is 55.4 Å². The molecule has 0 bridgehead atoms. The molecule has 2 aromatic heterocycles. The molecule has 0 saturated carbocycles. The molecule has 3 nitrogen and oxygen atoms in total. The summed E-state index contributed by atoms with van der Waals surface area (Å²) in [6, 6.07) is 38.8. The first kappa shape index (κ1) is 28.1. The maximum absolute atomic E-state index is 9.73. The van der Waals surface area contributed by atoms with Crippen molar-refractivity contribution in [1.29, 1.82) is 0 Å². The summed E-state index contributed by atoms with van der Waals surface area (Å²) in [5.41, 5.74) is 7.72. The summed E-state index contributed by atoms with van der Waals surface area (Å²) >= 11 is 3.84. The van der Waals surface area contributed by atoms with Crippen molar-refractivity contribution >= 4 is 59.4 Å². The van der Waals surface area contributed by atoms with E-state index in [9.17, 15) is 2.74 Å². The van der Waals surface area contributed by atoms with Gasteiger partial charge in [0.15, 0.2) is 0 Å². The van der Waals surface area contributed by atoms with Crippen LogP contribution in [0, 0.1) is 5.41 Å². The van der Waals surface area contributed by atoms with Gasteiger partial charge in [-0.1, -0.05) is 142 Å². The van der Waals surface area contributed by atoms with Crippen LogP contribution >= 0.6 is 15.9 Å². The summed E-state index contributed by atoms with van der Waals surface area (Å²) in [5, 5.41) is 5.36. The Bertz CT molecular complexity index is 2760. The van der Waals surface area contributed by atoms with Gasteiger partial charge in [-0.2, -0.15) is 0 Å². The van der Waals surface area contributed by atoms with E-state index >= 15 is 0 Å². The largest absolute Gasteiger partial charge is 0.278 e. The zero-order chi connectivity index (χ0) is 35.6. The number of rotatable bonds is 3. The van der Waals surface area contributed by atoms with E-state index in [2.05, 4.69) is 165 Å². The third kappa shape index (κ3) is 4.13. The van der Waals surface area contributed by atoms with Crippen molar-refractivity contribution in [2.24, 2.45) is 5.41 Å². The number of nitrogens with zero attached hydrogens (tertiary/aromatic N) is 3. The van der Waals surface area contributed by atoms with Crippen LogP contribution in [0.3, 0.4) is 0 Å². The van der Waals surface area contributed by atoms with Crippen molar-refractivity contribution in [3.63, 3.8) is 0 Å². The van der Waals surface area contributed by atoms with Crippen molar-refractivity contribution in [2.45, 2.75) is 52.4 Å². The van der Waals surface area contributed by atoms with E-state index in [-0.39, 0.29) is 16.2 Å². The average molecular weight is 703 g/mol. The Hall–Kier alpha value is -4.80. The first-order valence-corrected chi connectivity index (χ1v) is 17.8. The van der Waals surface area contributed by atoms with Crippen LogP contribution in [0.25, 0.3) is 71.8 Å². The number of hydrogen-bond acceptors (Lipinski definition) is 2. The molecule has 0 atom stereocenters. The molecule has 0 N–H and O–H groups in total. The van der Waals surface area contributed by atoms with E-state index in [1.807, 2.05) is 6.07 Å². The molecule has 8 aromatic rings. The van der Waals surface area contributed by atoms with Gasteiger partial charge in [-0.25, -0.2) is 9.97 Å². The minimum atomic E-state index is -0.303. The van der Waals surface area contributed by atoms with Crippen LogP contribution in [0.15, 0.2) is 126 Å². The highest BCUT2D eigenvalue weighted by Gasteiger charge is 2.56. The quantitative estimate of drug-likeness (QED) is 0.172. The van der Waals surface area contributed by atoms with Crippen molar-refractivity contribution in [3.05, 3.63) is 137 Å². The molecule has 2 heterocycles. The second-order valence-corrected chi connectivity index (χ2v) is 15.9. The molecule has 1 aliphatic carbocycles. The molecule has 0 amide bonds. The Balaban J connectivity index is 1.33. The van der Waals surface area contributed by atoms with Gasteiger partial charge >= 0.3 is 0 Å². The van der Waals surface area contributed by atoms with E-state index in [4.69, 9.17) is 9.97 Å². The molecule has 0 spiro atoms. The van der Waals surface area contributed by atoms with Gasteiger partial charge in [0.25, 0.3) is 0 Å². The number of aromatic nitrogens is 3. The van der Waals surface area contributed by atoms with Crippen LogP contribution in [0.2, 0.25) is 0 Å². The second-order valence-electron chi connectivity index (χ2n) is 15.1. The molecule has 0 unspecified atom stereocenters. The van der Waals surface area contributed by atoms with Crippen molar-refractivity contribution in [3.8, 4) is 28.3 Å². The topological polar surface area (TPSA) is 30.7 Å². The monoisotopic (exact) mass is 701 g/mol. The standard InChI is InChI=1S/C45H38BrN3/c1-43(2)35-25-33(37(46)26-36(35)44(3,4)45(43,5)6)29-21-23-39-34(24-29)31-18-12-13-19-38(31)49(39)42-47-40(28-15-8-7-9-16-28)32-22-20-27-14-10-11-17-30(27)41(32)48-42/h7-26H,1-6H3/i25D,26D. The van der Waals surface area contributed by atoms with Crippen molar-refractivity contribution in [1.82, 2.24) is 14.5 Å². The third-order valence-corrected chi connectivity index (χ3v) is 12.7. The van der Waals surface area contributed by atoms with Gasteiger partial charge in [-0.3, -0.25) is 4.57 Å². The van der Waals surface area contributed by atoms with E-state index < -0.39 is 0 Å². The number of benzene rings is 6. The predicted molar refractivity (Wildman–Crippen MR) is 210 cm³/mol. The van der Waals surface area contributed by atoms with E-state index in [1.165, 1.54) is 0 Å². The number of para-hydroxylation sites is 1. The smallest absolute Gasteiger partial charge is 0.235 e. The first-order chi connectivity index (χ1) is 24.3. The molecule has 0 radical (unpaired) electrons. The Kier molecular flexibility index (Phi) is 5.93. The fourth-order valence-electron chi connectivity index (χ4n) is 8.13. The van der Waals surface area contributed by atoms with Crippen molar-refractivity contribution in [2.75, 3.05) is 0 Å². The lowest BCUT2D eigenvalue weighted by Crippen LogP contribution is -2.42. The number of fused-ring (bicyclic) bond motifs is 7. The van der Waals surface area contributed by atoms with Gasteiger partial charge in [-0.15, -0.1) is 0 Å². The maximum atomic E-state index is 9.73. The number of hydrogen-bond donors (Lipinski definition) is 0. The minimum absolute atomic E-state index is 0.160. The molecular weight excluding hydrogens is 662 g/mol. The molecule has 49 heavy (non-hydrogen) atoms. The van der Waals surface area contributed by atoms with Gasteiger partial charge in [0.05, 0.1) is 25.0 Å². The summed E-state index contributed by atoms with van der Waals surface area (Å²) < 4.78 is 22.0. The Morgan fingerprint density at radius 1 is 0.592 bits per heavy atom. The molecule has 4 heteroatoms. The summed E-state index contributed by atoms with van der Waals surface area (Å²) in [5.74, 6) is 0.608. The average Bonchev–Trinajstić information content (AvgIpc) is 3.51. The summed E-state index contributed by atoms with van der Waals surface area (Å²) in [6.45, 7) is 13.5. The van der Waals surface area contributed by atoms with Crippen LogP contribution in [-0.4, -0.2) is 14.5 Å². The molecule has 6 aromatic carbocycles. The van der Waals surface area contributed by atoms with Gasteiger partial charge in [0.1, 0.15) is 0 Å². The fraction of sp³-hybridized carbons (Fsp3) is 0.200. The van der Waals surface area contributed by atoms with E-state index in [0.717, 1.165) is 77.0 Å². The van der Waals surface area contributed by atoms with Gasteiger partial charge in [-0.05, 0) is 80.2 Å². The molecule has 240 valence electrons. The second kappa shape index (κ2) is 10.4. The lowest BCUT2D eigenvalue weighted by Gasteiger charge is -2.44. The Morgan fingerprint density at radius 3 is 2.02 bits per heavy atom. The Morgan fingerprint density at radius 2 is 1.24 bits per heavy atom. The lowest BCUT2D eigenvalue weighted by molar-refractivity contribution is 0.125. The fourth-order valence-corrected chi connectivity index (χ4v) is 8.66. The predicted octanol–water partition coefficient (Wildman–Crippen LogP) is 12.6. The molecule has 1 aliphatic rings. The summed E-state index contributed by atoms with van der Waals surface area (Å²) in [6.07, 6.45) is 0. The zero-order valence-corrected chi connectivity index (χ0v) is 30.2. The zero-order valence-electron chi connectivity index (χ0n) is 30.6. The number of halogens is 1. The summed E-state index contributed by atoms with van der Waals surface area (Å²) in [4.78, 5) is 10.6. The minimum Gasteiger partial charge on any atom is -0.278 e. The van der Waals surface area contributed by atoms with Crippen molar-refractivity contribution < 1.29 is 2.74 Å². The van der Waals surface area contributed by atoms with Gasteiger partial charge < -0.3 is 0 Å². The van der Waals surface area contributed by atoms with Crippen LogP contribution < -0.4 is 0 Å². The van der Waals surface area contributed by atoms with Crippen LogP contribution in [0.5, 0.6) is 0 Å². The highest BCUT2D eigenvalue weighted by atomic mass is 79.9. The van der Waals surface area contributed by atoms with Gasteiger partial charge in [0.2, 0.25) is 5.95 Å². The molecular formula is C45H38BrN3. The molecule has 0 saturated heterocycles.